The predicted molar refractivity (Wildman–Crippen MR) is 188 cm³/mol. The van der Waals surface area contributed by atoms with Gasteiger partial charge in [0, 0.05) is 0 Å². The molecule has 0 radical (unpaired) electrons. The van der Waals surface area contributed by atoms with E-state index in [1.165, 1.54) is 63.8 Å². The Morgan fingerprint density at radius 3 is 1.56 bits per heavy atom. The third-order valence-electron chi connectivity index (χ3n) is 8.68. The number of rotatable bonds is 21. The molecule has 0 amide bonds. The summed E-state index contributed by atoms with van der Waals surface area (Å²) in [6, 6.07) is 15.7. The van der Waals surface area contributed by atoms with Gasteiger partial charge in [0.1, 0.15) is 0 Å². The van der Waals surface area contributed by atoms with Gasteiger partial charge in [-0.25, -0.2) is 0 Å². The van der Waals surface area contributed by atoms with Gasteiger partial charge in [-0.1, -0.05) is 0 Å². The summed E-state index contributed by atoms with van der Waals surface area (Å²) in [5, 5.41) is 0. The fourth-order valence-corrected chi connectivity index (χ4v) is 25.9. The Morgan fingerprint density at radius 1 is 0.711 bits per heavy atom. The van der Waals surface area contributed by atoms with E-state index in [9.17, 15) is 21.6 Å². The zero-order valence-electron chi connectivity index (χ0n) is 28.0. The molecule has 0 fully saturated rings. The minimum absolute atomic E-state index is 0.0358. The van der Waals surface area contributed by atoms with Gasteiger partial charge in [0.05, 0.1) is 0 Å². The molecule has 0 unspecified atom stereocenters. The summed E-state index contributed by atoms with van der Waals surface area (Å²) >= 11 is -2.59. The van der Waals surface area contributed by atoms with Crippen molar-refractivity contribution in [2.75, 3.05) is 6.61 Å². The van der Waals surface area contributed by atoms with Crippen molar-refractivity contribution < 1.29 is 26.4 Å². The molecule has 0 heterocycles. The average Bonchev–Trinajstić information content (AvgIpc) is 3.04. The molecule has 2 aromatic rings. The molecule has 0 aliphatic heterocycles. The van der Waals surface area contributed by atoms with E-state index in [-0.39, 0.29) is 29.2 Å². The first-order chi connectivity index (χ1) is 21.4. The van der Waals surface area contributed by atoms with E-state index < -0.39 is 48.1 Å². The van der Waals surface area contributed by atoms with Crippen molar-refractivity contribution in [3.8, 4) is 0 Å². The monoisotopic (exact) mass is 766 g/mol. The number of benzene rings is 2. The molecule has 0 aromatic heterocycles. The maximum atomic E-state index is 14.7. The third kappa shape index (κ3) is 10.8. The van der Waals surface area contributed by atoms with E-state index in [1.807, 2.05) is 6.08 Å². The SMILES string of the molecule is CCC[CH2][Sn]([CH2]/C=C/CC(C/C=C(\C)COC(C)=O)(S(=O)(=O)c1ccccc1)S(=O)(=O)c1ccccc1)([CH2]CCC)[CH2]CCC. The van der Waals surface area contributed by atoms with Crippen molar-refractivity contribution >= 4 is 44.0 Å². The molecule has 45 heavy (non-hydrogen) atoms. The molecule has 0 aliphatic carbocycles. The first-order valence-electron chi connectivity index (χ1n) is 16.4. The van der Waals surface area contributed by atoms with Crippen molar-refractivity contribution in [3.63, 3.8) is 0 Å². The first-order valence-corrected chi connectivity index (χ1v) is 27.5. The summed E-state index contributed by atoms with van der Waals surface area (Å²) in [4.78, 5) is 11.4. The van der Waals surface area contributed by atoms with Crippen LogP contribution in [-0.4, -0.2) is 51.9 Å². The number of allylic oxidation sites excluding steroid dienone is 3. The number of unbranched alkanes of at least 4 members (excludes halogenated alkanes) is 3. The maximum absolute atomic E-state index is 14.7. The van der Waals surface area contributed by atoms with Gasteiger partial charge in [-0.2, -0.15) is 0 Å². The van der Waals surface area contributed by atoms with Crippen molar-refractivity contribution in [2.24, 2.45) is 0 Å². The summed E-state index contributed by atoms with van der Waals surface area (Å²) < 4.78 is 66.5. The summed E-state index contributed by atoms with van der Waals surface area (Å²) in [5.74, 6) is -0.463. The summed E-state index contributed by atoms with van der Waals surface area (Å²) in [6.45, 7) is 9.68. The van der Waals surface area contributed by atoms with Crippen LogP contribution in [0.1, 0.15) is 86.0 Å². The van der Waals surface area contributed by atoms with Crippen LogP contribution in [0.4, 0.5) is 0 Å². The molecule has 2 rings (SSSR count). The number of hydrogen-bond donors (Lipinski definition) is 0. The Balaban J connectivity index is 2.73. The molecule has 250 valence electrons. The fourth-order valence-electron chi connectivity index (χ4n) is 5.83. The third-order valence-corrected chi connectivity index (χ3v) is 29.7. The van der Waals surface area contributed by atoms with E-state index in [0.717, 1.165) is 23.7 Å². The van der Waals surface area contributed by atoms with Crippen molar-refractivity contribution in [1.29, 1.82) is 0 Å². The molecule has 0 atom stereocenters. The molecule has 0 spiro atoms. The van der Waals surface area contributed by atoms with Crippen LogP contribution in [0.2, 0.25) is 17.7 Å². The van der Waals surface area contributed by atoms with Gasteiger partial charge < -0.3 is 0 Å². The molecule has 0 N–H and O–H groups in total. The molecule has 0 aliphatic rings. The van der Waals surface area contributed by atoms with Crippen LogP contribution in [0, 0.1) is 0 Å². The Kier molecular flexibility index (Phi) is 16.6. The zero-order valence-corrected chi connectivity index (χ0v) is 32.5. The van der Waals surface area contributed by atoms with Gasteiger partial charge in [0.25, 0.3) is 0 Å². The van der Waals surface area contributed by atoms with Crippen LogP contribution in [-0.2, 0) is 29.2 Å². The van der Waals surface area contributed by atoms with Gasteiger partial charge in [-0.15, -0.1) is 0 Å². The van der Waals surface area contributed by atoms with Crippen LogP contribution in [0.15, 0.2) is 94.3 Å². The second-order valence-electron chi connectivity index (χ2n) is 12.3. The van der Waals surface area contributed by atoms with Crippen LogP contribution in [0.5, 0.6) is 0 Å². The van der Waals surface area contributed by atoms with Crippen molar-refractivity contribution in [2.45, 2.75) is 118 Å². The van der Waals surface area contributed by atoms with Gasteiger partial charge in [-0.05, 0) is 0 Å². The molecular formula is C36H54O6S2Sn. The zero-order chi connectivity index (χ0) is 33.4. The molecule has 9 heteroatoms. The molecule has 0 saturated heterocycles. The molecule has 0 saturated carbocycles. The Hall–Kier alpha value is -1.91. The number of esters is 1. The quantitative estimate of drug-likeness (QED) is 0.0715. The number of ether oxygens (including phenoxy) is 1. The summed E-state index contributed by atoms with van der Waals surface area (Å²) in [7, 11) is -8.86. The normalized spacial score (nSPS) is 13.3. The topological polar surface area (TPSA) is 94.6 Å². The Bertz CT molecular complexity index is 1360. The second kappa shape index (κ2) is 19.0. The Labute approximate surface area is 277 Å². The summed E-state index contributed by atoms with van der Waals surface area (Å²) in [5.41, 5.74) is 0.582. The number of sulfone groups is 2. The molecule has 2 aromatic carbocycles. The van der Waals surface area contributed by atoms with E-state index in [2.05, 4.69) is 26.8 Å². The van der Waals surface area contributed by atoms with Gasteiger partial charge in [0.2, 0.25) is 0 Å². The van der Waals surface area contributed by atoms with Gasteiger partial charge in [-0.3, -0.25) is 0 Å². The van der Waals surface area contributed by atoms with Crippen molar-refractivity contribution in [1.82, 2.24) is 0 Å². The van der Waals surface area contributed by atoms with E-state index in [0.29, 0.717) is 5.57 Å². The van der Waals surface area contributed by atoms with Crippen molar-refractivity contribution in [3.05, 3.63) is 84.5 Å². The average molecular weight is 766 g/mol. The van der Waals surface area contributed by atoms with E-state index >= 15 is 0 Å². The van der Waals surface area contributed by atoms with Crippen LogP contribution in [0.25, 0.3) is 0 Å². The van der Waals surface area contributed by atoms with E-state index in [4.69, 9.17) is 4.74 Å². The van der Waals surface area contributed by atoms with Gasteiger partial charge in [0.15, 0.2) is 0 Å². The number of carbonyl (C=O) groups is 1. The van der Waals surface area contributed by atoms with Crippen LogP contribution < -0.4 is 0 Å². The predicted octanol–water partition coefficient (Wildman–Crippen LogP) is 9.33. The number of hydrogen-bond acceptors (Lipinski definition) is 6. The Morgan fingerprint density at radius 2 is 1.16 bits per heavy atom. The fraction of sp³-hybridized carbons (Fsp3) is 0.528. The molecule has 6 nitrogen and oxygen atoms in total. The molecular weight excluding hydrogens is 711 g/mol. The molecule has 0 bridgehead atoms. The first kappa shape index (κ1) is 39.3. The number of carbonyl (C=O) groups excluding carboxylic acids is 1. The summed E-state index contributed by atoms with van der Waals surface area (Å²) in [6.07, 6.45) is 12.2. The standard InChI is InChI=1S/C24H27O6S2.3C4H9.Sn/c1-4-5-17-24(18-16-20(2)19-30-21(3)25,31(26,27)22-12-8-6-9-13-22)32(28,29)23-14-10-7-11-15-23;3*1-3-4-2;/h4-16H,1,17-19H2,2-3H3;3*1,3-4H2,2H3;/b5-4+,20-16+;;;;. The van der Waals surface area contributed by atoms with Gasteiger partial charge >= 0.3 is 279 Å². The van der Waals surface area contributed by atoms with Crippen LogP contribution in [0.3, 0.4) is 0 Å². The minimum atomic E-state index is -4.43. The van der Waals surface area contributed by atoms with Crippen LogP contribution >= 0.6 is 0 Å². The second-order valence-corrected chi connectivity index (χ2v) is 31.1. The van der Waals surface area contributed by atoms with E-state index in [1.54, 1.807) is 49.4 Å².